The molecule has 1 aromatic heterocycles. The minimum absolute atomic E-state index is 0.0636. The van der Waals surface area contributed by atoms with Crippen LogP contribution in [0.1, 0.15) is 30.7 Å². The molecule has 1 heterocycles. The fraction of sp³-hybridized carbons (Fsp3) is 0.615. The molecule has 1 saturated carbocycles. The molecule has 1 aliphatic carbocycles. The molecule has 1 unspecified atom stereocenters. The van der Waals surface area contributed by atoms with E-state index < -0.39 is 12.0 Å². The van der Waals surface area contributed by atoms with Crippen LogP contribution in [0.25, 0.3) is 0 Å². The van der Waals surface area contributed by atoms with Gasteiger partial charge in [-0.25, -0.2) is 4.79 Å². The standard InChI is InChI=1S/C13H19N3O3/c1-8-5-9(2)16(15-8)7-12(17)14-11(13(18)19)6-10-3-4-10/h5,10-11H,3-4,6-7H2,1-2H3,(H,14,17)(H,18,19). The number of carboxylic acids is 1. The van der Waals surface area contributed by atoms with E-state index in [0.717, 1.165) is 24.2 Å². The van der Waals surface area contributed by atoms with Crippen LogP contribution in [0.3, 0.4) is 0 Å². The van der Waals surface area contributed by atoms with Crippen LogP contribution in [-0.2, 0) is 16.1 Å². The van der Waals surface area contributed by atoms with Crippen molar-refractivity contribution in [1.82, 2.24) is 15.1 Å². The number of aliphatic carboxylic acids is 1. The molecule has 2 N–H and O–H groups in total. The summed E-state index contributed by atoms with van der Waals surface area (Å²) in [5.74, 6) is -0.817. The summed E-state index contributed by atoms with van der Waals surface area (Å²) >= 11 is 0. The first-order valence-electron chi connectivity index (χ1n) is 6.49. The summed E-state index contributed by atoms with van der Waals surface area (Å²) in [5, 5.41) is 15.8. The van der Waals surface area contributed by atoms with Crippen molar-refractivity contribution in [3.05, 3.63) is 17.5 Å². The maximum Gasteiger partial charge on any atom is 0.326 e. The van der Waals surface area contributed by atoms with Crippen molar-refractivity contribution in [2.45, 2.75) is 45.7 Å². The van der Waals surface area contributed by atoms with Gasteiger partial charge in [-0.2, -0.15) is 5.10 Å². The van der Waals surface area contributed by atoms with E-state index in [-0.39, 0.29) is 12.5 Å². The highest BCUT2D eigenvalue weighted by molar-refractivity contribution is 5.83. The number of carboxylic acid groups (broad SMARTS) is 1. The van der Waals surface area contributed by atoms with Gasteiger partial charge in [0.05, 0.1) is 5.69 Å². The summed E-state index contributed by atoms with van der Waals surface area (Å²) in [7, 11) is 0. The summed E-state index contributed by atoms with van der Waals surface area (Å²) in [4.78, 5) is 22.9. The number of hydrogen-bond acceptors (Lipinski definition) is 3. The lowest BCUT2D eigenvalue weighted by Gasteiger charge is -2.14. The zero-order valence-electron chi connectivity index (χ0n) is 11.2. The Balaban J connectivity index is 1.91. The summed E-state index contributed by atoms with van der Waals surface area (Å²) in [5.41, 5.74) is 1.74. The molecule has 6 heteroatoms. The maximum absolute atomic E-state index is 11.9. The third-order valence-electron chi connectivity index (χ3n) is 3.30. The Hall–Kier alpha value is -1.85. The first-order valence-corrected chi connectivity index (χ1v) is 6.49. The van der Waals surface area contributed by atoms with Gasteiger partial charge >= 0.3 is 5.97 Å². The minimum atomic E-state index is -0.964. The van der Waals surface area contributed by atoms with E-state index in [9.17, 15) is 9.59 Å². The van der Waals surface area contributed by atoms with E-state index in [1.807, 2.05) is 19.9 Å². The predicted molar refractivity (Wildman–Crippen MR) is 68.6 cm³/mol. The first-order chi connectivity index (χ1) is 8.95. The normalized spacial score (nSPS) is 16.1. The number of aromatic nitrogens is 2. The van der Waals surface area contributed by atoms with Gasteiger partial charge in [0.25, 0.3) is 0 Å². The molecule has 0 spiro atoms. The van der Waals surface area contributed by atoms with Gasteiger partial charge in [0, 0.05) is 5.69 Å². The molecule has 2 rings (SSSR count). The van der Waals surface area contributed by atoms with Crippen LogP contribution < -0.4 is 5.32 Å². The highest BCUT2D eigenvalue weighted by Gasteiger charge is 2.30. The predicted octanol–water partition coefficient (Wildman–Crippen LogP) is 0.869. The van der Waals surface area contributed by atoms with Crippen molar-refractivity contribution in [3.8, 4) is 0 Å². The quantitative estimate of drug-likeness (QED) is 0.799. The van der Waals surface area contributed by atoms with Crippen molar-refractivity contribution in [2.24, 2.45) is 5.92 Å². The van der Waals surface area contributed by atoms with Gasteiger partial charge in [0.2, 0.25) is 5.91 Å². The van der Waals surface area contributed by atoms with Crippen LogP contribution in [0.15, 0.2) is 6.07 Å². The van der Waals surface area contributed by atoms with Gasteiger partial charge in [-0.05, 0) is 32.3 Å². The van der Waals surface area contributed by atoms with Crippen LogP contribution in [0, 0.1) is 19.8 Å². The largest absolute Gasteiger partial charge is 0.480 e. The summed E-state index contributed by atoms with van der Waals surface area (Å²) in [6.45, 7) is 3.79. The van der Waals surface area contributed by atoms with Gasteiger partial charge < -0.3 is 10.4 Å². The summed E-state index contributed by atoms with van der Waals surface area (Å²) in [6, 6.07) is 1.10. The monoisotopic (exact) mass is 265 g/mol. The fourth-order valence-electron chi connectivity index (χ4n) is 2.12. The van der Waals surface area contributed by atoms with E-state index in [0.29, 0.717) is 12.3 Å². The lowest BCUT2D eigenvalue weighted by atomic mass is 10.1. The Bertz CT molecular complexity index is 491. The summed E-state index contributed by atoms with van der Waals surface area (Å²) in [6.07, 6.45) is 2.66. The van der Waals surface area contributed by atoms with Crippen LogP contribution in [0.5, 0.6) is 0 Å². The number of carbonyl (C=O) groups excluding carboxylic acids is 1. The van der Waals surface area contributed by atoms with Crippen molar-refractivity contribution in [2.75, 3.05) is 0 Å². The molecule has 0 aromatic carbocycles. The smallest absolute Gasteiger partial charge is 0.326 e. The highest BCUT2D eigenvalue weighted by Crippen LogP contribution is 2.33. The second-order valence-corrected chi connectivity index (χ2v) is 5.22. The topological polar surface area (TPSA) is 84.2 Å². The van der Waals surface area contributed by atoms with E-state index in [2.05, 4.69) is 10.4 Å². The molecule has 1 fully saturated rings. The minimum Gasteiger partial charge on any atom is -0.480 e. The number of amides is 1. The molecule has 104 valence electrons. The first kappa shape index (κ1) is 13.6. The third-order valence-corrected chi connectivity index (χ3v) is 3.30. The van der Waals surface area contributed by atoms with E-state index in [4.69, 9.17) is 5.11 Å². The lowest BCUT2D eigenvalue weighted by molar-refractivity contribution is -0.142. The maximum atomic E-state index is 11.9. The molecule has 0 bridgehead atoms. The molecule has 1 aliphatic rings. The molecule has 1 atom stereocenters. The van der Waals surface area contributed by atoms with Crippen molar-refractivity contribution in [1.29, 1.82) is 0 Å². The molecular weight excluding hydrogens is 246 g/mol. The van der Waals surface area contributed by atoms with E-state index >= 15 is 0 Å². The highest BCUT2D eigenvalue weighted by atomic mass is 16.4. The number of aryl methyl sites for hydroxylation is 2. The van der Waals surface area contributed by atoms with Crippen LogP contribution in [-0.4, -0.2) is 32.8 Å². The Kier molecular flexibility index (Phi) is 3.87. The number of nitrogens with zero attached hydrogens (tertiary/aromatic N) is 2. The Morgan fingerprint density at radius 2 is 2.21 bits per heavy atom. The number of rotatable bonds is 6. The molecule has 0 saturated heterocycles. The van der Waals surface area contributed by atoms with Gasteiger partial charge in [-0.1, -0.05) is 12.8 Å². The van der Waals surface area contributed by atoms with Crippen LogP contribution >= 0.6 is 0 Å². The van der Waals surface area contributed by atoms with E-state index in [1.165, 1.54) is 0 Å². The van der Waals surface area contributed by atoms with Crippen molar-refractivity contribution < 1.29 is 14.7 Å². The number of nitrogens with one attached hydrogen (secondary N) is 1. The zero-order valence-corrected chi connectivity index (χ0v) is 11.2. The number of hydrogen-bond donors (Lipinski definition) is 2. The summed E-state index contributed by atoms with van der Waals surface area (Å²) < 4.78 is 1.58. The van der Waals surface area contributed by atoms with Gasteiger partial charge in [0.15, 0.2) is 0 Å². The number of carbonyl (C=O) groups is 2. The molecule has 1 aromatic rings. The van der Waals surface area contributed by atoms with Gasteiger partial charge in [0.1, 0.15) is 12.6 Å². The Morgan fingerprint density at radius 1 is 1.53 bits per heavy atom. The van der Waals surface area contributed by atoms with Gasteiger partial charge in [-0.15, -0.1) is 0 Å². The second-order valence-electron chi connectivity index (χ2n) is 5.22. The Labute approximate surface area is 111 Å². The van der Waals surface area contributed by atoms with Crippen LogP contribution in [0.4, 0.5) is 0 Å². The average molecular weight is 265 g/mol. The third kappa shape index (κ3) is 3.81. The molecule has 0 radical (unpaired) electrons. The molecule has 0 aliphatic heterocycles. The van der Waals surface area contributed by atoms with Gasteiger partial charge in [-0.3, -0.25) is 9.48 Å². The zero-order chi connectivity index (χ0) is 14.0. The molecular formula is C13H19N3O3. The molecule has 6 nitrogen and oxygen atoms in total. The van der Waals surface area contributed by atoms with Crippen molar-refractivity contribution in [3.63, 3.8) is 0 Å². The van der Waals surface area contributed by atoms with E-state index in [1.54, 1.807) is 4.68 Å². The fourth-order valence-corrected chi connectivity index (χ4v) is 2.12. The SMILES string of the molecule is Cc1cc(C)n(CC(=O)NC(CC2CC2)C(=O)O)n1. The second kappa shape index (κ2) is 5.42. The molecule has 19 heavy (non-hydrogen) atoms. The van der Waals surface area contributed by atoms with Crippen molar-refractivity contribution >= 4 is 11.9 Å². The Morgan fingerprint density at radius 3 is 2.68 bits per heavy atom. The average Bonchev–Trinajstić information content (AvgIpc) is 3.05. The lowest BCUT2D eigenvalue weighted by Crippen LogP contribution is -2.42. The van der Waals surface area contributed by atoms with Crippen LogP contribution in [0.2, 0.25) is 0 Å². The molecule has 1 amide bonds.